The van der Waals surface area contributed by atoms with Gasteiger partial charge in [-0.15, -0.1) is 11.6 Å². The van der Waals surface area contributed by atoms with Crippen LogP contribution in [0.1, 0.15) is 20.3 Å². The van der Waals surface area contributed by atoms with Crippen molar-refractivity contribution in [2.75, 3.05) is 11.6 Å². The molecule has 0 aliphatic carbocycles. The van der Waals surface area contributed by atoms with Crippen molar-refractivity contribution in [3.05, 3.63) is 0 Å². The first-order chi connectivity index (χ1) is 6.83. The highest BCUT2D eigenvalue weighted by molar-refractivity contribution is 7.91. The second-order valence-corrected chi connectivity index (χ2v) is 5.69. The van der Waals surface area contributed by atoms with Gasteiger partial charge in [0, 0.05) is 0 Å². The van der Waals surface area contributed by atoms with Crippen molar-refractivity contribution in [3.63, 3.8) is 0 Å². The quantitative estimate of drug-likeness (QED) is 0.393. The number of hydrogen-bond donors (Lipinski definition) is 0. The van der Waals surface area contributed by atoms with Crippen LogP contribution in [0.4, 0.5) is 0 Å². The number of hydrogen-bond acceptors (Lipinski definition) is 5. The minimum Gasteiger partial charge on any atom is -0.446 e. The normalized spacial score (nSPS) is 13.3. The summed E-state index contributed by atoms with van der Waals surface area (Å²) in [7, 11) is -3.42. The lowest BCUT2D eigenvalue weighted by molar-refractivity contribution is -0.146. The van der Waals surface area contributed by atoms with E-state index in [1.165, 1.54) is 13.8 Å². The van der Waals surface area contributed by atoms with E-state index in [1.54, 1.807) is 0 Å². The van der Waals surface area contributed by atoms with Crippen LogP contribution in [-0.4, -0.2) is 37.2 Å². The van der Waals surface area contributed by atoms with Gasteiger partial charge in [0.25, 0.3) is 0 Å². The van der Waals surface area contributed by atoms with Gasteiger partial charge in [-0.25, -0.2) is 8.42 Å². The van der Waals surface area contributed by atoms with Gasteiger partial charge in [0.05, 0.1) is 11.6 Å². The minimum absolute atomic E-state index is 0.120. The summed E-state index contributed by atoms with van der Waals surface area (Å²) >= 11 is 5.17. The van der Waals surface area contributed by atoms with Gasteiger partial charge in [-0.3, -0.25) is 9.59 Å². The summed E-state index contributed by atoms with van der Waals surface area (Å²) in [5, 5.41) is 0. The monoisotopic (exact) mass is 256 g/mol. The summed E-state index contributed by atoms with van der Waals surface area (Å²) in [6, 6.07) is 0. The third-order valence-electron chi connectivity index (χ3n) is 1.70. The number of ketones is 1. The van der Waals surface area contributed by atoms with Gasteiger partial charge in [-0.05, 0) is 6.92 Å². The number of carbonyl (C=O) groups excluding carboxylic acids is 2. The number of halogens is 1. The van der Waals surface area contributed by atoms with Gasteiger partial charge < -0.3 is 4.74 Å². The van der Waals surface area contributed by atoms with Crippen LogP contribution in [0.25, 0.3) is 0 Å². The molecule has 0 bridgehead atoms. The van der Waals surface area contributed by atoms with Crippen molar-refractivity contribution in [2.45, 2.75) is 25.7 Å². The highest BCUT2D eigenvalue weighted by Crippen LogP contribution is 2.05. The second-order valence-electron chi connectivity index (χ2n) is 2.86. The number of alkyl halides is 1. The molecule has 0 fully saturated rings. The average Bonchev–Trinajstić information content (AvgIpc) is 2.17. The molecule has 1 unspecified atom stereocenters. The predicted molar refractivity (Wildman–Crippen MR) is 55.4 cm³/mol. The van der Waals surface area contributed by atoms with Crippen LogP contribution in [0, 0.1) is 0 Å². The summed E-state index contributed by atoms with van der Waals surface area (Å²) in [5.41, 5.74) is -1.22. The van der Waals surface area contributed by atoms with Crippen molar-refractivity contribution < 1.29 is 22.7 Å². The highest BCUT2D eigenvalue weighted by atomic mass is 35.5. The van der Waals surface area contributed by atoms with Crippen molar-refractivity contribution in [1.82, 2.24) is 0 Å². The maximum absolute atomic E-state index is 11.2. The molecule has 0 heterocycles. The Morgan fingerprint density at radius 2 is 1.93 bits per heavy atom. The van der Waals surface area contributed by atoms with Gasteiger partial charge in [-0.2, -0.15) is 0 Å². The van der Waals surface area contributed by atoms with Crippen LogP contribution in [0.15, 0.2) is 0 Å². The fraction of sp³-hybridized carbons (Fsp3) is 0.750. The maximum Gasteiger partial charge on any atom is 0.314 e. The molecule has 0 aliphatic rings. The molecule has 88 valence electrons. The molecule has 15 heavy (non-hydrogen) atoms. The Morgan fingerprint density at radius 3 is 2.33 bits per heavy atom. The number of esters is 1. The van der Waals surface area contributed by atoms with Crippen LogP contribution < -0.4 is 0 Å². The zero-order valence-corrected chi connectivity index (χ0v) is 10.1. The van der Waals surface area contributed by atoms with Crippen LogP contribution >= 0.6 is 11.6 Å². The van der Waals surface area contributed by atoms with Gasteiger partial charge in [0.1, 0.15) is 6.42 Å². The Bertz CT molecular complexity index is 335. The van der Waals surface area contributed by atoms with Crippen LogP contribution in [0.2, 0.25) is 0 Å². The molecular weight excluding hydrogens is 244 g/mol. The van der Waals surface area contributed by atoms with E-state index >= 15 is 0 Å². The van der Waals surface area contributed by atoms with E-state index in [0.29, 0.717) is 0 Å². The van der Waals surface area contributed by atoms with E-state index in [-0.39, 0.29) is 11.6 Å². The molecule has 0 rings (SSSR count). The summed E-state index contributed by atoms with van der Waals surface area (Å²) in [4.78, 5) is 21.8. The van der Waals surface area contributed by atoms with Gasteiger partial charge >= 0.3 is 5.97 Å². The molecule has 1 atom stereocenters. The number of sulfone groups is 1. The SMILES string of the molecule is CCS(=O)(=O)C(C)OC(=O)CC(=O)CCl. The number of rotatable bonds is 6. The van der Waals surface area contributed by atoms with E-state index < -0.39 is 33.4 Å². The average molecular weight is 257 g/mol. The molecule has 0 aliphatic heterocycles. The molecule has 0 radical (unpaired) electrons. The Kier molecular flexibility index (Phi) is 5.82. The first-order valence-electron chi connectivity index (χ1n) is 4.32. The molecule has 0 saturated heterocycles. The largest absolute Gasteiger partial charge is 0.446 e. The fourth-order valence-electron chi connectivity index (χ4n) is 0.743. The third-order valence-corrected chi connectivity index (χ3v) is 3.91. The molecular formula is C8H13ClO5S. The van der Waals surface area contributed by atoms with Gasteiger partial charge in [-0.1, -0.05) is 6.92 Å². The van der Waals surface area contributed by atoms with E-state index in [1.807, 2.05) is 0 Å². The third kappa shape index (κ3) is 5.13. The summed E-state index contributed by atoms with van der Waals surface area (Å²) in [6.07, 6.45) is -0.493. The maximum atomic E-state index is 11.2. The Balaban J connectivity index is 4.26. The van der Waals surface area contributed by atoms with Crippen LogP contribution in [-0.2, 0) is 24.2 Å². The lowest BCUT2D eigenvalue weighted by Gasteiger charge is -2.12. The van der Waals surface area contributed by atoms with E-state index in [0.717, 1.165) is 0 Å². The second kappa shape index (κ2) is 6.07. The van der Waals surface area contributed by atoms with Gasteiger partial charge in [0.2, 0.25) is 0 Å². The van der Waals surface area contributed by atoms with Gasteiger partial charge in [0.15, 0.2) is 21.1 Å². The summed E-state index contributed by atoms with van der Waals surface area (Å²) < 4.78 is 27.0. The Hall–Kier alpha value is -0.620. The van der Waals surface area contributed by atoms with Crippen LogP contribution in [0.5, 0.6) is 0 Å². The Labute approximate surface area is 93.7 Å². The van der Waals surface area contributed by atoms with E-state index in [4.69, 9.17) is 11.6 Å². The van der Waals surface area contributed by atoms with Crippen molar-refractivity contribution >= 4 is 33.2 Å². The summed E-state index contributed by atoms with van der Waals surface area (Å²) in [6.45, 7) is 2.70. The molecule has 0 N–H and O–H groups in total. The predicted octanol–water partition coefficient (Wildman–Crippen LogP) is 0.508. The van der Waals surface area contributed by atoms with Crippen molar-refractivity contribution in [1.29, 1.82) is 0 Å². The lowest BCUT2D eigenvalue weighted by Crippen LogP contribution is -2.27. The lowest BCUT2D eigenvalue weighted by atomic mass is 10.3. The highest BCUT2D eigenvalue weighted by Gasteiger charge is 2.23. The number of ether oxygens (including phenoxy) is 1. The first-order valence-corrected chi connectivity index (χ1v) is 6.57. The van der Waals surface area contributed by atoms with Crippen molar-refractivity contribution in [3.8, 4) is 0 Å². The van der Waals surface area contributed by atoms with Crippen LogP contribution in [0.3, 0.4) is 0 Å². The molecule has 0 amide bonds. The summed E-state index contributed by atoms with van der Waals surface area (Å²) in [5.74, 6) is -1.78. The molecule has 5 nitrogen and oxygen atoms in total. The molecule has 0 saturated carbocycles. The van der Waals surface area contributed by atoms with E-state index in [2.05, 4.69) is 4.74 Å². The zero-order chi connectivity index (χ0) is 12.1. The first kappa shape index (κ1) is 14.4. The number of Topliss-reactive ketones (excluding diaryl/α,β-unsaturated/α-hetero) is 1. The molecule has 0 aromatic heterocycles. The Morgan fingerprint density at radius 1 is 1.40 bits per heavy atom. The molecule has 0 aromatic rings. The molecule has 0 spiro atoms. The number of carbonyl (C=O) groups is 2. The standard InChI is InChI=1S/C8H13ClO5S/c1-3-15(12,13)6(2)14-8(11)4-7(10)5-9/h6H,3-5H2,1-2H3. The molecule has 7 heteroatoms. The van der Waals surface area contributed by atoms with Crippen molar-refractivity contribution in [2.24, 2.45) is 0 Å². The zero-order valence-electron chi connectivity index (χ0n) is 8.53. The minimum atomic E-state index is -3.42. The fourth-order valence-corrected chi connectivity index (χ4v) is 1.56. The smallest absolute Gasteiger partial charge is 0.314 e. The topological polar surface area (TPSA) is 77.5 Å². The van der Waals surface area contributed by atoms with E-state index in [9.17, 15) is 18.0 Å². The molecule has 0 aromatic carbocycles.